The Labute approximate surface area is 215 Å². The zero-order valence-corrected chi connectivity index (χ0v) is 22.8. The van der Waals surface area contributed by atoms with E-state index in [-0.39, 0.29) is 5.78 Å². The number of fused-ring (bicyclic) bond motifs is 6. The smallest absolute Gasteiger partial charge is 0.163 e. The number of ketones is 1. The second-order valence-electron chi connectivity index (χ2n) is 10.2. The van der Waals surface area contributed by atoms with Crippen LogP contribution in [0.25, 0.3) is 32.3 Å². The zero-order chi connectivity index (χ0) is 25.8. The molecule has 36 heavy (non-hydrogen) atoms. The molecule has 0 aliphatic rings. The van der Waals surface area contributed by atoms with E-state index in [0.717, 1.165) is 59.8 Å². The number of hydrogen-bond donors (Lipinski definition) is 0. The van der Waals surface area contributed by atoms with Gasteiger partial charge in [0.1, 0.15) is 11.5 Å². The first-order valence-corrected chi connectivity index (χ1v) is 13.6. The van der Waals surface area contributed by atoms with Crippen LogP contribution in [0, 0.1) is 20.8 Å². The van der Waals surface area contributed by atoms with Gasteiger partial charge in [-0.25, -0.2) is 0 Å². The van der Waals surface area contributed by atoms with Gasteiger partial charge in [0.2, 0.25) is 0 Å². The zero-order valence-electron chi connectivity index (χ0n) is 22.8. The molecule has 0 fully saturated rings. The molecule has 0 saturated carbocycles. The molecule has 0 heterocycles. The number of aryl methyl sites for hydroxylation is 3. The number of rotatable bonds is 11. The quantitative estimate of drug-likeness (QED) is 0.121. The molecule has 0 saturated heterocycles. The van der Waals surface area contributed by atoms with Crippen molar-refractivity contribution in [1.82, 2.24) is 0 Å². The molecule has 3 heteroatoms. The third-order valence-corrected chi connectivity index (χ3v) is 7.33. The van der Waals surface area contributed by atoms with Crippen molar-refractivity contribution in [2.24, 2.45) is 0 Å². The summed E-state index contributed by atoms with van der Waals surface area (Å²) in [6, 6.07) is 13.2. The van der Waals surface area contributed by atoms with Crippen LogP contribution in [0.5, 0.6) is 11.5 Å². The van der Waals surface area contributed by atoms with E-state index in [1.807, 2.05) is 6.07 Å². The van der Waals surface area contributed by atoms with Crippen molar-refractivity contribution in [3.05, 3.63) is 58.7 Å². The molecule has 190 valence electrons. The van der Waals surface area contributed by atoms with Gasteiger partial charge in [-0.1, -0.05) is 51.7 Å². The summed E-state index contributed by atoms with van der Waals surface area (Å²) in [6.07, 6.45) is 6.64. The Bertz CT molecular complexity index is 1410. The lowest BCUT2D eigenvalue weighted by atomic mass is 9.89. The molecule has 0 bridgehead atoms. The first kappa shape index (κ1) is 26.0. The van der Waals surface area contributed by atoms with Crippen LogP contribution >= 0.6 is 0 Å². The van der Waals surface area contributed by atoms with E-state index >= 15 is 0 Å². The van der Waals surface area contributed by atoms with Crippen molar-refractivity contribution in [3.8, 4) is 11.5 Å². The molecule has 0 amide bonds. The van der Waals surface area contributed by atoms with Gasteiger partial charge in [0.15, 0.2) is 5.78 Å². The molecular formula is C33H40O3. The fraction of sp³-hybridized carbons (Fsp3) is 0.424. The van der Waals surface area contributed by atoms with Gasteiger partial charge in [0, 0.05) is 0 Å². The minimum atomic E-state index is 0.0309. The molecule has 4 aromatic carbocycles. The fourth-order valence-electron chi connectivity index (χ4n) is 5.04. The van der Waals surface area contributed by atoms with Gasteiger partial charge in [-0.3, -0.25) is 4.79 Å². The standard InChI is InChI=1S/C33H40O3/c1-7-9-11-13-35-32-19-30-28(17-23(32)5)26-15-21(3)22(4)16-27(26)29-18-25(24(6)34)33(20-31(29)30)36-14-12-10-8-2/h15-20H,7-14H2,1-6H3. The van der Waals surface area contributed by atoms with E-state index in [0.29, 0.717) is 17.9 Å². The van der Waals surface area contributed by atoms with Crippen molar-refractivity contribution in [1.29, 1.82) is 0 Å². The summed E-state index contributed by atoms with van der Waals surface area (Å²) in [5.74, 6) is 1.65. The Morgan fingerprint density at radius 2 is 1.00 bits per heavy atom. The highest BCUT2D eigenvalue weighted by atomic mass is 16.5. The van der Waals surface area contributed by atoms with Crippen molar-refractivity contribution in [3.63, 3.8) is 0 Å². The lowest BCUT2D eigenvalue weighted by molar-refractivity contribution is 0.101. The minimum Gasteiger partial charge on any atom is -0.493 e. The maximum atomic E-state index is 12.7. The summed E-state index contributed by atoms with van der Waals surface area (Å²) in [6.45, 7) is 13.8. The number of hydrogen-bond acceptors (Lipinski definition) is 3. The average molecular weight is 485 g/mol. The maximum Gasteiger partial charge on any atom is 0.163 e. The Morgan fingerprint density at radius 1 is 0.583 bits per heavy atom. The van der Waals surface area contributed by atoms with E-state index in [4.69, 9.17) is 9.47 Å². The topological polar surface area (TPSA) is 35.5 Å². The molecule has 4 rings (SSSR count). The second kappa shape index (κ2) is 11.3. The summed E-state index contributed by atoms with van der Waals surface area (Å²) >= 11 is 0. The van der Waals surface area contributed by atoms with Gasteiger partial charge >= 0.3 is 0 Å². The number of carbonyl (C=O) groups is 1. The second-order valence-corrected chi connectivity index (χ2v) is 10.2. The third-order valence-electron chi connectivity index (χ3n) is 7.33. The van der Waals surface area contributed by atoms with E-state index < -0.39 is 0 Å². The molecule has 0 aliphatic heterocycles. The lowest BCUT2D eigenvalue weighted by Gasteiger charge is -2.18. The number of Topliss-reactive ketones (excluding diaryl/α,β-unsaturated/α-hetero) is 1. The van der Waals surface area contributed by atoms with Gasteiger partial charge in [-0.05, 0) is 114 Å². The van der Waals surface area contributed by atoms with Gasteiger partial charge < -0.3 is 9.47 Å². The molecule has 0 unspecified atom stereocenters. The molecule has 0 aromatic heterocycles. The summed E-state index contributed by atoms with van der Waals surface area (Å²) in [4.78, 5) is 12.7. The number of benzene rings is 4. The largest absolute Gasteiger partial charge is 0.493 e. The monoisotopic (exact) mass is 484 g/mol. The summed E-state index contributed by atoms with van der Waals surface area (Å²) in [5.41, 5.74) is 4.32. The number of carbonyl (C=O) groups excluding carboxylic acids is 1. The van der Waals surface area contributed by atoms with Crippen LogP contribution in [0.4, 0.5) is 0 Å². The molecule has 4 aromatic rings. The van der Waals surface area contributed by atoms with E-state index in [2.05, 4.69) is 65.0 Å². The van der Waals surface area contributed by atoms with Crippen LogP contribution in [0.2, 0.25) is 0 Å². The highest BCUT2D eigenvalue weighted by Crippen LogP contribution is 2.41. The van der Waals surface area contributed by atoms with Gasteiger partial charge in [0.05, 0.1) is 18.8 Å². The minimum absolute atomic E-state index is 0.0309. The predicted octanol–water partition coefficient (Wildman–Crippen LogP) is 9.41. The van der Waals surface area contributed by atoms with Crippen LogP contribution in [-0.4, -0.2) is 19.0 Å². The lowest BCUT2D eigenvalue weighted by Crippen LogP contribution is -2.04. The summed E-state index contributed by atoms with van der Waals surface area (Å²) in [5, 5.41) is 6.95. The molecule has 0 radical (unpaired) electrons. The van der Waals surface area contributed by atoms with Crippen LogP contribution in [0.15, 0.2) is 36.4 Å². The molecule has 0 spiro atoms. The van der Waals surface area contributed by atoms with Crippen LogP contribution in [-0.2, 0) is 0 Å². The maximum absolute atomic E-state index is 12.7. The van der Waals surface area contributed by atoms with Crippen molar-refractivity contribution < 1.29 is 14.3 Å². The van der Waals surface area contributed by atoms with Crippen molar-refractivity contribution in [2.45, 2.75) is 80.1 Å². The Kier molecular flexibility index (Phi) is 8.18. The first-order valence-electron chi connectivity index (χ1n) is 13.6. The Balaban J connectivity index is 1.99. The number of unbranched alkanes of at least 4 members (excludes halogenated alkanes) is 4. The molecule has 0 atom stereocenters. The summed E-state index contributed by atoms with van der Waals surface area (Å²) in [7, 11) is 0. The van der Waals surface area contributed by atoms with E-state index in [1.54, 1.807) is 6.92 Å². The van der Waals surface area contributed by atoms with E-state index in [9.17, 15) is 4.79 Å². The van der Waals surface area contributed by atoms with Crippen molar-refractivity contribution in [2.75, 3.05) is 13.2 Å². The van der Waals surface area contributed by atoms with Gasteiger partial charge in [-0.2, -0.15) is 0 Å². The van der Waals surface area contributed by atoms with E-state index in [1.165, 1.54) is 40.1 Å². The van der Waals surface area contributed by atoms with Gasteiger partial charge in [0.25, 0.3) is 0 Å². The normalized spacial score (nSPS) is 11.5. The highest BCUT2D eigenvalue weighted by molar-refractivity contribution is 6.27. The van der Waals surface area contributed by atoms with Crippen molar-refractivity contribution >= 4 is 38.1 Å². The SMILES string of the molecule is CCCCCOc1cc2c(cc1C)c1cc(C)c(C)cc1c1cc(C(C)=O)c(OCCCCC)cc21. The Hall–Kier alpha value is -3.07. The van der Waals surface area contributed by atoms with Crippen LogP contribution in [0.3, 0.4) is 0 Å². The van der Waals surface area contributed by atoms with Gasteiger partial charge in [-0.15, -0.1) is 0 Å². The predicted molar refractivity (Wildman–Crippen MR) is 153 cm³/mol. The summed E-state index contributed by atoms with van der Waals surface area (Å²) < 4.78 is 12.5. The van der Waals surface area contributed by atoms with Crippen LogP contribution < -0.4 is 9.47 Å². The fourth-order valence-corrected chi connectivity index (χ4v) is 5.04. The molecular weight excluding hydrogens is 444 g/mol. The average Bonchev–Trinajstić information content (AvgIpc) is 2.85. The molecule has 3 nitrogen and oxygen atoms in total. The Morgan fingerprint density at radius 3 is 1.50 bits per heavy atom. The number of ether oxygens (including phenoxy) is 2. The molecule has 0 N–H and O–H groups in total. The third kappa shape index (κ3) is 5.21. The van der Waals surface area contributed by atoms with Crippen LogP contribution in [0.1, 0.15) is 86.3 Å². The highest BCUT2D eigenvalue weighted by Gasteiger charge is 2.18. The molecule has 0 aliphatic carbocycles. The first-order chi connectivity index (χ1) is 17.3.